The molecule has 0 aliphatic heterocycles. The van der Waals surface area contributed by atoms with Crippen LogP contribution in [0, 0.1) is 13.8 Å². The molecular formula is C24H20ClN3O2S. The van der Waals surface area contributed by atoms with Crippen molar-refractivity contribution in [1.82, 2.24) is 9.55 Å². The molecule has 7 heteroatoms. The Morgan fingerprint density at radius 2 is 1.87 bits per heavy atom. The summed E-state index contributed by atoms with van der Waals surface area (Å²) >= 11 is 7.36. The minimum atomic E-state index is -0.204. The molecule has 31 heavy (non-hydrogen) atoms. The molecule has 0 radical (unpaired) electrons. The summed E-state index contributed by atoms with van der Waals surface area (Å²) in [4.78, 5) is 30.5. The van der Waals surface area contributed by atoms with Crippen molar-refractivity contribution in [2.45, 2.75) is 19.0 Å². The maximum absolute atomic E-state index is 13.2. The van der Waals surface area contributed by atoms with Gasteiger partial charge >= 0.3 is 0 Å². The number of rotatable bonds is 5. The van der Waals surface area contributed by atoms with Gasteiger partial charge < -0.3 is 5.32 Å². The zero-order valence-corrected chi connectivity index (χ0v) is 18.6. The SMILES string of the molecule is Cc1ccc(NC(=O)CSc2nc3ccccc3c(=O)n2-c2cccc(Cl)c2)c(C)c1. The van der Waals surface area contributed by atoms with Crippen LogP contribution >= 0.6 is 23.4 Å². The van der Waals surface area contributed by atoms with E-state index in [0.29, 0.717) is 26.8 Å². The second-order valence-electron chi connectivity index (χ2n) is 7.19. The van der Waals surface area contributed by atoms with Crippen LogP contribution in [0.3, 0.4) is 0 Å². The average Bonchev–Trinajstić information content (AvgIpc) is 2.74. The number of carbonyl (C=O) groups is 1. The van der Waals surface area contributed by atoms with Gasteiger partial charge in [-0.2, -0.15) is 0 Å². The van der Waals surface area contributed by atoms with Gasteiger partial charge in [0.05, 0.1) is 22.3 Å². The van der Waals surface area contributed by atoms with Crippen LogP contribution in [0.4, 0.5) is 5.69 Å². The molecule has 0 aliphatic carbocycles. The number of aryl methyl sites for hydroxylation is 2. The lowest BCUT2D eigenvalue weighted by atomic mass is 10.1. The van der Waals surface area contributed by atoms with Gasteiger partial charge in [-0.25, -0.2) is 4.98 Å². The number of thioether (sulfide) groups is 1. The van der Waals surface area contributed by atoms with Gasteiger partial charge in [-0.15, -0.1) is 0 Å². The first-order valence-corrected chi connectivity index (χ1v) is 11.1. The quantitative estimate of drug-likeness (QED) is 0.328. The van der Waals surface area contributed by atoms with Crippen molar-refractivity contribution >= 4 is 45.9 Å². The number of amides is 1. The monoisotopic (exact) mass is 449 g/mol. The van der Waals surface area contributed by atoms with Crippen molar-refractivity contribution in [3.63, 3.8) is 0 Å². The summed E-state index contributed by atoms with van der Waals surface area (Å²) in [6.07, 6.45) is 0. The second kappa shape index (κ2) is 8.96. The minimum Gasteiger partial charge on any atom is -0.325 e. The Morgan fingerprint density at radius 1 is 1.06 bits per heavy atom. The maximum atomic E-state index is 13.2. The van der Waals surface area contributed by atoms with E-state index in [1.54, 1.807) is 42.5 Å². The number of aromatic nitrogens is 2. The fourth-order valence-electron chi connectivity index (χ4n) is 3.32. The second-order valence-corrected chi connectivity index (χ2v) is 8.57. The molecule has 0 atom stereocenters. The van der Waals surface area contributed by atoms with E-state index in [0.717, 1.165) is 16.8 Å². The number of hydrogen-bond donors (Lipinski definition) is 1. The van der Waals surface area contributed by atoms with Gasteiger partial charge in [0.1, 0.15) is 0 Å². The number of halogens is 1. The van der Waals surface area contributed by atoms with Gasteiger partial charge in [-0.1, -0.05) is 59.3 Å². The van der Waals surface area contributed by atoms with Crippen LogP contribution < -0.4 is 10.9 Å². The van der Waals surface area contributed by atoms with Crippen molar-refractivity contribution in [2.24, 2.45) is 0 Å². The van der Waals surface area contributed by atoms with Crippen LogP contribution in [0.5, 0.6) is 0 Å². The highest BCUT2D eigenvalue weighted by atomic mass is 35.5. The first-order chi connectivity index (χ1) is 14.9. The number of hydrogen-bond acceptors (Lipinski definition) is 4. The van der Waals surface area contributed by atoms with Gasteiger partial charge in [-0.3, -0.25) is 14.2 Å². The Hall–Kier alpha value is -3.09. The molecule has 4 rings (SSSR count). The topological polar surface area (TPSA) is 64.0 Å². The van der Waals surface area contributed by atoms with E-state index < -0.39 is 0 Å². The average molecular weight is 450 g/mol. The third kappa shape index (κ3) is 4.65. The summed E-state index contributed by atoms with van der Waals surface area (Å²) < 4.78 is 1.50. The predicted octanol–water partition coefficient (Wildman–Crippen LogP) is 5.39. The van der Waals surface area contributed by atoms with E-state index in [1.165, 1.54) is 16.3 Å². The highest BCUT2D eigenvalue weighted by molar-refractivity contribution is 7.99. The van der Waals surface area contributed by atoms with E-state index in [9.17, 15) is 9.59 Å². The summed E-state index contributed by atoms with van der Waals surface area (Å²) in [5.74, 6) is -0.0597. The molecule has 1 aromatic heterocycles. The Morgan fingerprint density at radius 3 is 2.65 bits per heavy atom. The van der Waals surface area contributed by atoms with E-state index in [2.05, 4.69) is 10.3 Å². The number of benzene rings is 3. The molecule has 1 amide bonds. The van der Waals surface area contributed by atoms with Crippen molar-refractivity contribution < 1.29 is 4.79 Å². The molecule has 0 saturated carbocycles. The smallest absolute Gasteiger partial charge is 0.266 e. The van der Waals surface area contributed by atoms with Gasteiger partial charge in [0.15, 0.2) is 5.16 Å². The lowest BCUT2D eigenvalue weighted by Crippen LogP contribution is -2.23. The highest BCUT2D eigenvalue weighted by Crippen LogP contribution is 2.24. The third-order valence-corrected chi connectivity index (χ3v) is 5.97. The summed E-state index contributed by atoms with van der Waals surface area (Å²) in [5.41, 5.74) is 3.89. The van der Waals surface area contributed by atoms with Crippen LogP contribution in [0.15, 0.2) is 76.7 Å². The lowest BCUT2D eigenvalue weighted by Gasteiger charge is -2.14. The van der Waals surface area contributed by atoms with Crippen LogP contribution in [0.2, 0.25) is 5.02 Å². The minimum absolute atomic E-state index is 0.110. The van der Waals surface area contributed by atoms with Crippen molar-refractivity contribution in [1.29, 1.82) is 0 Å². The normalized spacial score (nSPS) is 10.9. The molecule has 0 spiro atoms. The molecule has 0 unspecified atom stereocenters. The first-order valence-electron chi connectivity index (χ1n) is 9.70. The Bertz CT molecular complexity index is 1350. The summed E-state index contributed by atoms with van der Waals surface area (Å²) in [7, 11) is 0. The van der Waals surface area contributed by atoms with Gasteiger partial charge in [0.25, 0.3) is 5.56 Å². The van der Waals surface area contributed by atoms with Crippen LogP contribution in [-0.2, 0) is 4.79 Å². The van der Waals surface area contributed by atoms with Crippen molar-refractivity contribution in [2.75, 3.05) is 11.1 Å². The Kier molecular flexibility index (Phi) is 6.11. The predicted molar refractivity (Wildman–Crippen MR) is 128 cm³/mol. The van der Waals surface area contributed by atoms with E-state index >= 15 is 0 Å². The molecule has 1 heterocycles. The molecule has 3 aromatic carbocycles. The Balaban J connectivity index is 1.67. The van der Waals surface area contributed by atoms with Gasteiger partial charge in [0, 0.05) is 10.7 Å². The fourth-order valence-corrected chi connectivity index (χ4v) is 4.32. The molecule has 5 nitrogen and oxygen atoms in total. The number of anilines is 1. The number of nitrogens with zero attached hydrogens (tertiary/aromatic N) is 2. The molecule has 1 N–H and O–H groups in total. The van der Waals surface area contributed by atoms with E-state index in [-0.39, 0.29) is 17.2 Å². The molecule has 4 aromatic rings. The van der Waals surface area contributed by atoms with Crippen LogP contribution in [0.25, 0.3) is 16.6 Å². The number of carbonyl (C=O) groups excluding carboxylic acids is 1. The van der Waals surface area contributed by atoms with Crippen molar-refractivity contribution in [3.8, 4) is 5.69 Å². The van der Waals surface area contributed by atoms with Crippen LogP contribution in [-0.4, -0.2) is 21.2 Å². The van der Waals surface area contributed by atoms with Gasteiger partial charge in [-0.05, 0) is 55.8 Å². The first kappa shape index (κ1) is 21.2. The van der Waals surface area contributed by atoms with E-state index in [4.69, 9.17) is 11.6 Å². The molecule has 0 bridgehead atoms. The standard InChI is InChI=1S/C24H20ClN3O2S/c1-15-10-11-20(16(2)12-15)26-22(29)14-31-24-27-21-9-4-3-8-19(21)23(30)28(24)18-7-5-6-17(25)13-18/h3-13H,14H2,1-2H3,(H,26,29). The molecule has 0 aliphatic rings. The lowest BCUT2D eigenvalue weighted by molar-refractivity contribution is -0.113. The molecule has 0 saturated heterocycles. The summed E-state index contributed by atoms with van der Waals surface area (Å²) in [6, 6.07) is 20.1. The summed E-state index contributed by atoms with van der Waals surface area (Å²) in [5, 5.41) is 4.38. The fraction of sp³-hybridized carbons (Fsp3) is 0.125. The number of para-hydroxylation sites is 1. The zero-order chi connectivity index (χ0) is 22.0. The molecule has 0 fully saturated rings. The van der Waals surface area contributed by atoms with Gasteiger partial charge in [0.2, 0.25) is 5.91 Å². The highest BCUT2D eigenvalue weighted by Gasteiger charge is 2.15. The largest absolute Gasteiger partial charge is 0.325 e. The van der Waals surface area contributed by atoms with E-state index in [1.807, 2.05) is 38.1 Å². The zero-order valence-electron chi connectivity index (χ0n) is 17.1. The molecular weight excluding hydrogens is 430 g/mol. The third-order valence-electron chi connectivity index (χ3n) is 4.80. The van der Waals surface area contributed by atoms with Crippen LogP contribution in [0.1, 0.15) is 11.1 Å². The maximum Gasteiger partial charge on any atom is 0.266 e. The Labute approximate surface area is 189 Å². The van der Waals surface area contributed by atoms with Crippen molar-refractivity contribution in [3.05, 3.63) is 93.2 Å². The number of nitrogens with one attached hydrogen (secondary N) is 1. The molecule has 156 valence electrons. The number of fused-ring (bicyclic) bond motifs is 1. The summed E-state index contributed by atoms with van der Waals surface area (Å²) in [6.45, 7) is 3.96.